The summed E-state index contributed by atoms with van der Waals surface area (Å²) < 4.78 is 0. The van der Waals surface area contributed by atoms with Crippen molar-refractivity contribution in [2.24, 2.45) is 0 Å². The molecule has 1 amide bonds. The highest BCUT2D eigenvalue weighted by Crippen LogP contribution is 2.39. The molecule has 0 aromatic heterocycles. The third kappa shape index (κ3) is 4.70. The molecule has 1 aromatic carbocycles. The lowest BCUT2D eigenvalue weighted by Gasteiger charge is -2.02. The maximum Gasteiger partial charge on any atom is 0.290 e. The van der Waals surface area contributed by atoms with Crippen LogP contribution in [0.1, 0.15) is 6.42 Å². The Morgan fingerprint density at radius 3 is 2.55 bits per heavy atom. The van der Waals surface area contributed by atoms with Crippen molar-refractivity contribution in [3.8, 4) is 0 Å². The molecule has 0 bridgehead atoms. The van der Waals surface area contributed by atoms with Crippen LogP contribution in [0.2, 0.25) is 0 Å². The van der Waals surface area contributed by atoms with Crippen molar-refractivity contribution >= 4 is 38.9 Å². The molecule has 0 aliphatic carbocycles. The normalized spacial score (nSPS) is 10.1. The van der Waals surface area contributed by atoms with Crippen molar-refractivity contribution in [3.05, 3.63) is 38.4 Å². The molecule has 8 nitrogen and oxygen atoms in total. The SMILES string of the molecule is CNC(=O)CCSSc1ccc([N+](=O)[O-])cc1[N+](=O)[O-]. The number of benzene rings is 1. The smallest absolute Gasteiger partial charge is 0.290 e. The number of nitro benzene ring substituents is 2. The minimum atomic E-state index is -0.680. The number of nitrogens with one attached hydrogen (secondary N) is 1. The first-order valence-corrected chi connectivity index (χ1v) is 7.70. The molecular weight excluding hydrogens is 306 g/mol. The fourth-order valence-corrected chi connectivity index (χ4v) is 3.32. The minimum Gasteiger partial charge on any atom is -0.359 e. The van der Waals surface area contributed by atoms with Crippen LogP contribution >= 0.6 is 21.6 Å². The zero-order valence-corrected chi connectivity index (χ0v) is 12.0. The quantitative estimate of drug-likeness (QED) is 0.355. The van der Waals surface area contributed by atoms with E-state index in [1.165, 1.54) is 30.0 Å². The standard InChI is InChI=1S/C10H11N3O5S2/c1-11-10(14)4-5-19-20-9-3-2-7(12(15)16)6-8(9)13(17)18/h2-3,6H,4-5H2,1H3,(H,11,14). The van der Waals surface area contributed by atoms with Crippen molar-refractivity contribution in [1.82, 2.24) is 5.32 Å². The van der Waals surface area contributed by atoms with E-state index < -0.39 is 9.85 Å². The molecule has 0 saturated heterocycles. The van der Waals surface area contributed by atoms with Gasteiger partial charge in [-0.2, -0.15) is 0 Å². The van der Waals surface area contributed by atoms with Gasteiger partial charge in [0, 0.05) is 25.3 Å². The predicted molar refractivity (Wildman–Crippen MR) is 76.7 cm³/mol. The maximum absolute atomic E-state index is 11.0. The Morgan fingerprint density at radius 2 is 2.00 bits per heavy atom. The Kier molecular flexibility index (Phi) is 6.25. The predicted octanol–water partition coefficient (Wildman–Crippen LogP) is 2.38. The van der Waals surface area contributed by atoms with Gasteiger partial charge in [-0.15, -0.1) is 0 Å². The molecular formula is C10H11N3O5S2. The van der Waals surface area contributed by atoms with E-state index in [4.69, 9.17) is 0 Å². The fraction of sp³-hybridized carbons (Fsp3) is 0.300. The van der Waals surface area contributed by atoms with Gasteiger partial charge in [-0.3, -0.25) is 25.0 Å². The first kappa shape index (κ1) is 16.2. The van der Waals surface area contributed by atoms with Crippen LogP contribution in [0.5, 0.6) is 0 Å². The minimum absolute atomic E-state index is 0.115. The molecule has 0 aliphatic heterocycles. The van der Waals surface area contributed by atoms with E-state index in [1.807, 2.05) is 0 Å². The van der Waals surface area contributed by atoms with Crippen molar-refractivity contribution in [3.63, 3.8) is 0 Å². The topological polar surface area (TPSA) is 115 Å². The lowest BCUT2D eigenvalue weighted by atomic mass is 10.3. The van der Waals surface area contributed by atoms with E-state index >= 15 is 0 Å². The molecule has 0 aliphatic rings. The van der Waals surface area contributed by atoms with Crippen molar-refractivity contribution in [1.29, 1.82) is 0 Å². The van der Waals surface area contributed by atoms with E-state index in [2.05, 4.69) is 5.32 Å². The number of hydrogen-bond acceptors (Lipinski definition) is 7. The Labute approximate surface area is 122 Å². The van der Waals surface area contributed by atoms with Crippen LogP contribution in [0.25, 0.3) is 0 Å². The molecule has 0 saturated carbocycles. The second-order valence-corrected chi connectivity index (χ2v) is 5.95. The van der Waals surface area contributed by atoms with Crippen LogP contribution < -0.4 is 5.32 Å². The van der Waals surface area contributed by atoms with Crippen molar-refractivity contribution in [2.75, 3.05) is 12.8 Å². The number of nitro groups is 2. The van der Waals surface area contributed by atoms with Crippen molar-refractivity contribution in [2.45, 2.75) is 11.3 Å². The fourth-order valence-electron chi connectivity index (χ4n) is 1.20. The number of carbonyl (C=O) groups is 1. The van der Waals surface area contributed by atoms with Gasteiger partial charge < -0.3 is 5.32 Å². The molecule has 0 atom stereocenters. The van der Waals surface area contributed by atoms with Gasteiger partial charge in [-0.05, 0) is 6.07 Å². The second-order valence-electron chi connectivity index (χ2n) is 3.49. The van der Waals surface area contributed by atoms with Gasteiger partial charge in [0.1, 0.15) is 0 Å². The van der Waals surface area contributed by atoms with Gasteiger partial charge in [0.25, 0.3) is 11.4 Å². The van der Waals surface area contributed by atoms with Gasteiger partial charge in [-0.25, -0.2) is 0 Å². The number of hydrogen-bond donors (Lipinski definition) is 1. The molecule has 20 heavy (non-hydrogen) atoms. The molecule has 0 unspecified atom stereocenters. The summed E-state index contributed by atoms with van der Waals surface area (Å²) in [5, 5.41) is 23.9. The Balaban J connectivity index is 2.72. The molecule has 1 aromatic rings. The van der Waals surface area contributed by atoms with E-state index in [0.29, 0.717) is 17.1 Å². The second kappa shape index (κ2) is 7.70. The van der Waals surface area contributed by atoms with E-state index in [0.717, 1.165) is 16.9 Å². The van der Waals surface area contributed by atoms with Gasteiger partial charge in [-0.1, -0.05) is 21.6 Å². The third-order valence-electron chi connectivity index (χ3n) is 2.19. The van der Waals surface area contributed by atoms with Crippen LogP contribution in [0.4, 0.5) is 11.4 Å². The Bertz CT molecular complexity index is 538. The number of non-ortho nitro benzene ring substituents is 1. The van der Waals surface area contributed by atoms with E-state index in [-0.39, 0.29) is 17.3 Å². The van der Waals surface area contributed by atoms with Crippen LogP contribution in [0, 0.1) is 20.2 Å². The van der Waals surface area contributed by atoms with Crippen LogP contribution in [0.15, 0.2) is 23.1 Å². The number of carbonyl (C=O) groups excluding carboxylic acids is 1. The largest absolute Gasteiger partial charge is 0.359 e. The van der Waals surface area contributed by atoms with Gasteiger partial charge >= 0.3 is 0 Å². The molecule has 1 rings (SSSR count). The van der Waals surface area contributed by atoms with Crippen molar-refractivity contribution < 1.29 is 14.6 Å². The Hall–Kier alpha value is -1.81. The number of amides is 1. The average molecular weight is 317 g/mol. The summed E-state index contributed by atoms with van der Waals surface area (Å²) in [6, 6.07) is 3.49. The first-order chi connectivity index (χ1) is 9.45. The van der Waals surface area contributed by atoms with Crippen LogP contribution in [-0.4, -0.2) is 28.6 Å². The maximum atomic E-state index is 11.0. The van der Waals surface area contributed by atoms with Gasteiger partial charge in [0.2, 0.25) is 5.91 Å². The zero-order chi connectivity index (χ0) is 15.1. The highest BCUT2D eigenvalue weighted by molar-refractivity contribution is 8.76. The summed E-state index contributed by atoms with van der Waals surface area (Å²) in [5.74, 6) is 0.370. The highest BCUT2D eigenvalue weighted by Gasteiger charge is 2.19. The molecule has 0 spiro atoms. The summed E-state index contributed by atoms with van der Waals surface area (Å²) in [6.07, 6.45) is 0.301. The van der Waals surface area contributed by atoms with Gasteiger partial charge in [0.05, 0.1) is 20.8 Å². The summed E-state index contributed by atoms with van der Waals surface area (Å²) in [7, 11) is 3.93. The van der Waals surface area contributed by atoms with E-state index in [9.17, 15) is 25.0 Å². The Morgan fingerprint density at radius 1 is 1.30 bits per heavy atom. The highest BCUT2D eigenvalue weighted by atomic mass is 33.1. The number of rotatable bonds is 7. The molecule has 108 valence electrons. The monoisotopic (exact) mass is 317 g/mol. The van der Waals surface area contributed by atoms with E-state index in [1.54, 1.807) is 0 Å². The molecule has 10 heteroatoms. The summed E-state index contributed by atoms with van der Waals surface area (Å²) in [4.78, 5) is 31.4. The molecule has 0 radical (unpaired) electrons. The van der Waals surface area contributed by atoms with Gasteiger partial charge in [0.15, 0.2) is 0 Å². The summed E-state index contributed by atoms with van der Waals surface area (Å²) in [6.45, 7) is 0. The first-order valence-electron chi connectivity index (χ1n) is 5.38. The summed E-state index contributed by atoms with van der Waals surface area (Å²) in [5.41, 5.74) is -0.631. The van der Waals surface area contributed by atoms with Crippen LogP contribution in [0.3, 0.4) is 0 Å². The lowest BCUT2D eigenvalue weighted by molar-refractivity contribution is -0.396. The lowest BCUT2D eigenvalue weighted by Crippen LogP contribution is -2.17. The summed E-state index contributed by atoms with van der Waals surface area (Å²) >= 11 is 0. The molecule has 0 heterocycles. The molecule has 1 N–H and O–H groups in total. The average Bonchev–Trinajstić information content (AvgIpc) is 2.42. The number of nitrogens with zero attached hydrogens (tertiary/aromatic N) is 2. The zero-order valence-electron chi connectivity index (χ0n) is 10.4. The third-order valence-corrected chi connectivity index (χ3v) is 4.60. The molecule has 0 fully saturated rings. The van der Waals surface area contributed by atoms with Crippen LogP contribution in [-0.2, 0) is 4.79 Å².